The number of ether oxygens (including phenoxy) is 1. The minimum atomic E-state index is -0.529. The normalized spacial score (nSPS) is 15.4. The lowest BCUT2D eigenvalue weighted by Crippen LogP contribution is -2.36. The van der Waals surface area contributed by atoms with Crippen LogP contribution in [-0.2, 0) is 16.1 Å². The van der Waals surface area contributed by atoms with Gasteiger partial charge in [0.05, 0.1) is 42.0 Å². The highest BCUT2D eigenvalue weighted by Gasteiger charge is 2.22. The number of anilines is 2. The molecule has 2 aromatic heterocycles. The number of hydrogen-bond acceptors (Lipinski definition) is 9. The summed E-state index contributed by atoms with van der Waals surface area (Å²) < 4.78 is 11.7. The number of benzene rings is 1. The van der Waals surface area contributed by atoms with E-state index in [-0.39, 0.29) is 18.1 Å². The molecule has 3 heterocycles. The molecule has 152 valence electrons. The quantitative estimate of drug-likeness (QED) is 0.479. The number of nitrogens with one attached hydrogen (secondary N) is 1. The fraction of sp³-hybridized carbons (Fsp3) is 0.412. The van der Waals surface area contributed by atoms with Gasteiger partial charge in [0.1, 0.15) is 12.4 Å². The molecule has 1 fully saturated rings. The lowest BCUT2D eigenvalue weighted by molar-refractivity contribution is -0.385. The van der Waals surface area contributed by atoms with Crippen molar-refractivity contribution < 1.29 is 19.1 Å². The summed E-state index contributed by atoms with van der Waals surface area (Å²) in [5.74, 6) is -0.755. The summed E-state index contributed by atoms with van der Waals surface area (Å²) in [6, 6.07) is 3.63. The molecule has 1 unspecified atom stereocenters. The summed E-state index contributed by atoms with van der Waals surface area (Å²) in [5, 5.41) is 25.4. The molecule has 29 heavy (non-hydrogen) atoms. The molecule has 1 aromatic carbocycles. The predicted molar refractivity (Wildman–Crippen MR) is 102 cm³/mol. The van der Waals surface area contributed by atoms with Gasteiger partial charge in [-0.05, 0) is 22.4 Å². The van der Waals surface area contributed by atoms with Crippen LogP contribution in [0.1, 0.15) is 6.92 Å². The van der Waals surface area contributed by atoms with E-state index in [0.29, 0.717) is 29.9 Å². The molecule has 0 spiro atoms. The molecule has 0 bridgehead atoms. The summed E-state index contributed by atoms with van der Waals surface area (Å²) >= 11 is 0. The molecular weight excluding hydrogens is 382 g/mol. The number of morpholine rings is 1. The monoisotopic (exact) mass is 401 g/mol. The van der Waals surface area contributed by atoms with Crippen molar-refractivity contribution in [2.75, 3.05) is 36.5 Å². The molecule has 1 aliphatic heterocycles. The Morgan fingerprint density at radius 3 is 2.79 bits per heavy atom. The molecule has 0 radical (unpaired) electrons. The second-order valence-corrected chi connectivity index (χ2v) is 6.76. The van der Waals surface area contributed by atoms with Crippen LogP contribution in [-0.4, -0.2) is 57.2 Å². The zero-order valence-electron chi connectivity index (χ0n) is 15.6. The average Bonchev–Trinajstić information content (AvgIpc) is 3.39. The molecule has 12 nitrogen and oxygen atoms in total. The average molecular weight is 401 g/mol. The number of carbonyl (C=O) groups excluding carboxylic acids is 1. The van der Waals surface area contributed by atoms with Crippen LogP contribution in [0.25, 0.3) is 11.0 Å². The molecule has 1 saturated heterocycles. The number of fused-ring (bicyclic) bond motifs is 1. The third-order valence-electron chi connectivity index (χ3n) is 4.74. The topological polar surface area (TPSA) is 141 Å². The van der Waals surface area contributed by atoms with Gasteiger partial charge in [-0.3, -0.25) is 19.6 Å². The SMILES string of the molecule is CC(Cn1cc([N+](=O)[O-])cn1)C(=O)Nc1ccc(N2CCOCC2)c2nonc12. The van der Waals surface area contributed by atoms with E-state index >= 15 is 0 Å². The largest absolute Gasteiger partial charge is 0.378 e. The van der Waals surface area contributed by atoms with Gasteiger partial charge < -0.3 is 15.0 Å². The van der Waals surface area contributed by atoms with Gasteiger partial charge in [0.25, 0.3) is 0 Å². The molecule has 0 aliphatic carbocycles. The molecular formula is C17H19N7O5. The van der Waals surface area contributed by atoms with Crippen LogP contribution in [0.5, 0.6) is 0 Å². The summed E-state index contributed by atoms with van der Waals surface area (Å²) in [6.07, 6.45) is 2.44. The minimum Gasteiger partial charge on any atom is -0.378 e. The van der Waals surface area contributed by atoms with Crippen molar-refractivity contribution in [2.45, 2.75) is 13.5 Å². The Balaban J connectivity index is 1.49. The van der Waals surface area contributed by atoms with E-state index in [1.807, 2.05) is 6.07 Å². The Hall–Kier alpha value is -3.54. The van der Waals surface area contributed by atoms with Crippen LogP contribution >= 0.6 is 0 Å². The lowest BCUT2D eigenvalue weighted by atomic mass is 10.1. The number of nitro groups is 1. The van der Waals surface area contributed by atoms with Crippen LogP contribution in [0.2, 0.25) is 0 Å². The van der Waals surface area contributed by atoms with Gasteiger partial charge in [0, 0.05) is 13.1 Å². The number of hydrogen-bond donors (Lipinski definition) is 1. The maximum Gasteiger partial charge on any atom is 0.306 e. The van der Waals surface area contributed by atoms with Crippen LogP contribution in [0.4, 0.5) is 17.1 Å². The van der Waals surface area contributed by atoms with E-state index < -0.39 is 10.8 Å². The highest BCUT2D eigenvalue weighted by atomic mass is 16.6. The van der Waals surface area contributed by atoms with Crippen molar-refractivity contribution in [3.63, 3.8) is 0 Å². The van der Waals surface area contributed by atoms with E-state index in [1.165, 1.54) is 10.9 Å². The zero-order valence-corrected chi connectivity index (χ0v) is 15.6. The first-order valence-corrected chi connectivity index (χ1v) is 9.08. The summed E-state index contributed by atoms with van der Waals surface area (Å²) in [7, 11) is 0. The smallest absolute Gasteiger partial charge is 0.306 e. The highest BCUT2D eigenvalue weighted by molar-refractivity contribution is 6.03. The lowest BCUT2D eigenvalue weighted by Gasteiger charge is -2.28. The van der Waals surface area contributed by atoms with Crippen molar-refractivity contribution >= 4 is 34.0 Å². The third kappa shape index (κ3) is 3.87. The van der Waals surface area contributed by atoms with Gasteiger partial charge in [-0.1, -0.05) is 6.92 Å². The summed E-state index contributed by atoms with van der Waals surface area (Å²) in [4.78, 5) is 25.0. The van der Waals surface area contributed by atoms with Crippen molar-refractivity contribution in [3.05, 3.63) is 34.6 Å². The minimum absolute atomic E-state index is 0.119. The van der Waals surface area contributed by atoms with Gasteiger partial charge in [0.2, 0.25) is 5.91 Å². The number of aromatic nitrogens is 4. The first-order valence-electron chi connectivity index (χ1n) is 9.08. The number of rotatable bonds is 6. The van der Waals surface area contributed by atoms with Gasteiger partial charge in [-0.15, -0.1) is 0 Å². The second kappa shape index (κ2) is 7.83. The molecule has 0 saturated carbocycles. The molecule has 1 amide bonds. The van der Waals surface area contributed by atoms with Gasteiger partial charge in [-0.2, -0.15) is 5.10 Å². The maximum absolute atomic E-state index is 12.6. The fourth-order valence-corrected chi connectivity index (χ4v) is 3.18. The maximum atomic E-state index is 12.6. The van der Waals surface area contributed by atoms with E-state index in [0.717, 1.165) is 25.0 Å². The zero-order chi connectivity index (χ0) is 20.4. The second-order valence-electron chi connectivity index (χ2n) is 6.76. The molecule has 12 heteroatoms. The fourth-order valence-electron chi connectivity index (χ4n) is 3.18. The Morgan fingerprint density at radius 2 is 2.07 bits per heavy atom. The molecule has 1 N–H and O–H groups in total. The third-order valence-corrected chi connectivity index (χ3v) is 4.74. The van der Waals surface area contributed by atoms with Crippen molar-refractivity contribution in [1.82, 2.24) is 20.1 Å². The Bertz CT molecular complexity index is 1040. The summed E-state index contributed by atoms with van der Waals surface area (Å²) in [5.41, 5.74) is 2.28. The standard InChI is InChI=1S/C17H19N7O5/c1-11(9-23-10-12(8-18-23)24(26)27)17(25)19-13-2-3-14(16-15(13)20-29-21-16)22-4-6-28-7-5-22/h2-3,8,10-11H,4-7,9H2,1H3,(H,19,25). The van der Waals surface area contributed by atoms with Gasteiger partial charge >= 0.3 is 5.69 Å². The molecule has 1 aliphatic rings. The van der Waals surface area contributed by atoms with Crippen molar-refractivity contribution in [1.29, 1.82) is 0 Å². The Kier molecular flexibility index (Phi) is 5.08. The molecule has 1 atom stereocenters. The van der Waals surface area contributed by atoms with E-state index in [9.17, 15) is 14.9 Å². The van der Waals surface area contributed by atoms with Crippen molar-refractivity contribution in [2.24, 2.45) is 5.92 Å². The first-order chi connectivity index (χ1) is 14.0. The molecule has 3 aromatic rings. The number of carbonyl (C=O) groups is 1. The van der Waals surface area contributed by atoms with Crippen LogP contribution in [0.15, 0.2) is 29.2 Å². The van der Waals surface area contributed by atoms with Crippen molar-refractivity contribution in [3.8, 4) is 0 Å². The highest BCUT2D eigenvalue weighted by Crippen LogP contribution is 2.30. The van der Waals surface area contributed by atoms with Crippen LogP contribution in [0.3, 0.4) is 0 Å². The van der Waals surface area contributed by atoms with Gasteiger partial charge in [-0.25, -0.2) is 4.63 Å². The van der Waals surface area contributed by atoms with E-state index in [4.69, 9.17) is 9.37 Å². The Labute approximate surface area is 164 Å². The van der Waals surface area contributed by atoms with Gasteiger partial charge in [0.15, 0.2) is 11.0 Å². The first kappa shape index (κ1) is 18.8. The van der Waals surface area contributed by atoms with Crippen LogP contribution in [0, 0.1) is 16.0 Å². The summed E-state index contributed by atoms with van der Waals surface area (Å²) in [6.45, 7) is 4.65. The van der Waals surface area contributed by atoms with Crippen LogP contribution < -0.4 is 10.2 Å². The Morgan fingerprint density at radius 1 is 1.31 bits per heavy atom. The van der Waals surface area contributed by atoms with E-state index in [1.54, 1.807) is 13.0 Å². The number of amides is 1. The number of nitrogens with zero attached hydrogens (tertiary/aromatic N) is 6. The predicted octanol–water partition coefficient (Wildman–Crippen LogP) is 1.44. The van der Waals surface area contributed by atoms with E-state index in [2.05, 4.69) is 25.6 Å². The molecule has 4 rings (SSSR count).